The summed E-state index contributed by atoms with van der Waals surface area (Å²) in [5, 5.41) is 2.90. The van der Waals surface area contributed by atoms with Crippen LogP contribution < -0.4 is 5.32 Å². The molecule has 5 nitrogen and oxygen atoms in total. The van der Waals surface area contributed by atoms with Crippen molar-refractivity contribution in [3.8, 4) is 0 Å². The summed E-state index contributed by atoms with van der Waals surface area (Å²) in [5.74, 6) is -1.02. The van der Waals surface area contributed by atoms with Gasteiger partial charge < -0.3 is 10.1 Å². The van der Waals surface area contributed by atoms with Gasteiger partial charge in [0, 0.05) is 6.26 Å². The first-order valence-corrected chi connectivity index (χ1v) is 10.0. The van der Waals surface area contributed by atoms with E-state index in [9.17, 15) is 13.8 Å². The van der Waals surface area contributed by atoms with E-state index in [0.717, 1.165) is 18.4 Å². The number of nitrogens with one attached hydrogen (secondary N) is 1. The van der Waals surface area contributed by atoms with Crippen LogP contribution in [-0.4, -0.2) is 28.9 Å². The Morgan fingerprint density at radius 2 is 1.73 bits per heavy atom. The summed E-state index contributed by atoms with van der Waals surface area (Å²) < 4.78 is 16.8. The molecule has 2 rings (SSSR count). The SMILES string of the molecule is CCC[C@@H](NC(=O)COC(=O)c1ccccc1[S@@](C)=O)c1ccccc1. The molecule has 6 heteroatoms. The zero-order valence-electron chi connectivity index (χ0n) is 14.9. The molecular weight excluding hydrogens is 350 g/mol. The van der Waals surface area contributed by atoms with Crippen LogP contribution in [0.1, 0.15) is 41.7 Å². The second-order valence-electron chi connectivity index (χ2n) is 5.85. The molecule has 0 fully saturated rings. The predicted octanol–water partition coefficient (Wildman–Crippen LogP) is 3.24. The molecule has 0 radical (unpaired) electrons. The van der Waals surface area contributed by atoms with E-state index in [2.05, 4.69) is 5.32 Å². The van der Waals surface area contributed by atoms with Gasteiger partial charge in [0.1, 0.15) is 0 Å². The fourth-order valence-corrected chi connectivity index (χ4v) is 3.36. The smallest absolute Gasteiger partial charge is 0.339 e. The third kappa shape index (κ3) is 5.52. The quantitative estimate of drug-likeness (QED) is 0.721. The van der Waals surface area contributed by atoms with E-state index in [1.165, 1.54) is 6.26 Å². The molecule has 0 saturated heterocycles. The van der Waals surface area contributed by atoms with E-state index < -0.39 is 16.8 Å². The summed E-state index contributed by atoms with van der Waals surface area (Å²) in [7, 11) is -1.31. The van der Waals surface area contributed by atoms with E-state index in [0.29, 0.717) is 4.90 Å². The van der Waals surface area contributed by atoms with Gasteiger partial charge in [0.25, 0.3) is 5.91 Å². The lowest BCUT2D eigenvalue weighted by molar-refractivity contribution is -0.125. The number of amides is 1. The third-order valence-electron chi connectivity index (χ3n) is 3.87. The molecule has 0 aliphatic rings. The maximum Gasteiger partial charge on any atom is 0.339 e. The third-order valence-corrected chi connectivity index (χ3v) is 4.84. The van der Waals surface area contributed by atoms with Gasteiger partial charge >= 0.3 is 5.97 Å². The van der Waals surface area contributed by atoms with Gasteiger partial charge in [-0.25, -0.2) is 4.79 Å². The van der Waals surface area contributed by atoms with Gasteiger partial charge in [0.2, 0.25) is 0 Å². The van der Waals surface area contributed by atoms with Crippen molar-refractivity contribution >= 4 is 22.7 Å². The molecule has 0 unspecified atom stereocenters. The molecule has 0 aromatic heterocycles. The van der Waals surface area contributed by atoms with Crippen molar-refractivity contribution in [2.24, 2.45) is 0 Å². The molecule has 1 N–H and O–H groups in total. The Morgan fingerprint density at radius 1 is 1.08 bits per heavy atom. The predicted molar refractivity (Wildman–Crippen MR) is 101 cm³/mol. The minimum Gasteiger partial charge on any atom is -0.452 e. The molecule has 1 amide bonds. The Kier molecular flexibility index (Phi) is 7.53. The van der Waals surface area contributed by atoms with E-state index in [1.54, 1.807) is 24.3 Å². The molecule has 2 aromatic rings. The van der Waals surface area contributed by atoms with Crippen LogP contribution in [0.25, 0.3) is 0 Å². The first-order valence-electron chi connectivity index (χ1n) is 8.46. The lowest BCUT2D eigenvalue weighted by Gasteiger charge is -2.18. The fourth-order valence-electron chi connectivity index (χ4n) is 2.63. The van der Waals surface area contributed by atoms with Crippen molar-refractivity contribution in [3.05, 3.63) is 65.7 Å². The van der Waals surface area contributed by atoms with Crippen molar-refractivity contribution < 1.29 is 18.5 Å². The number of carbonyl (C=O) groups excluding carboxylic acids is 2. The van der Waals surface area contributed by atoms with Gasteiger partial charge in [0.05, 0.1) is 27.3 Å². The molecule has 0 saturated carbocycles. The number of rotatable bonds is 8. The van der Waals surface area contributed by atoms with Crippen LogP contribution in [0.3, 0.4) is 0 Å². The summed E-state index contributed by atoms with van der Waals surface area (Å²) >= 11 is 0. The summed E-state index contributed by atoms with van der Waals surface area (Å²) in [6.45, 7) is 1.67. The van der Waals surface area contributed by atoms with E-state index in [1.807, 2.05) is 37.3 Å². The highest BCUT2D eigenvalue weighted by Gasteiger charge is 2.18. The first-order chi connectivity index (χ1) is 12.5. The molecule has 0 spiro atoms. The number of esters is 1. The average Bonchev–Trinajstić information content (AvgIpc) is 2.66. The molecule has 0 heterocycles. The monoisotopic (exact) mass is 373 g/mol. The summed E-state index contributed by atoms with van der Waals surface area (Å²) in [4.78, 5) is 24.8. The Labute approximate surface area is 156 Å². The normalized spacial score (nSPS) is 12.8. The Bertz CT molecular complexity index is 776. The Hall–Kier alpha value is -2.47. The maximum atomic E-state index is 12.2. The largest absolute Gasteiger partial charge is 0.452 e. The van der Waals surface area contributed by atoms with Crippen LogP contribution in [0, 0.1) is 0 Å². The van der Waals surface area contributed by atoms with Crippen LogP contribution in [-0.2, 0) is 20.3 Å². The minimum absolute atomic E-state index is 0.122. The highest BCUT2D eigenvalue weighted by molar-refractivity contribution is 7.84. The van der Waals surface area contributed by atoms with Crippen LogP contribution in [0.15, 0.2) is 59.5 Å². The number of ether oxygens (including phenoxy) is 1. The molecule has 26 heavy (non-hydrogen) atoms. The molecule has 0 aliphatic carbocycles. The molecule has 138 valence electrons. The fraction of sp³-hybridized carbons (Fsp3) is 0.300. The molecule has 0 bridgehead atoms. The van der Waals surface area contributed by atoms with Crippen LogP contribution in [0.2, 0.25) is 0 Å². The summed E-state index contributed by atoms with van der Waals surface area (Å²) in [6, 6.07) is 16.1. The second kappa shape index (κ2) is 9.87. The molecule has 2 atom stereocenters. The zero-order chi connectivity index (χ0) is 18.9. The Morgan fingerprint density at radius 3 is 2.38 bits per heavy atom. The summed E-state index contributed by atoms with van der Waals surface area (Å²) in [5.41, 5.74) is 1.23. The lowest BCUT2D eigenvalue weighted by atomic mass is 10.0. The number of hydrogen-bond donors (Lipinski definition) is 1. The zero-order valence-corrected chi connectivity index (χ0v) is 15.8. The van der Waals surface area contributed by atoms with Crippen molar-refractivity contribution in [1.29, 1.82) is 0 Å². The number of hydrogen-bond acceptors (Lipinski definition) is 4. The van der Waals surface area contributed by atoms with E-state index >= 15 is 0 Å². The lowest BCUT2D eigenvalue weighted by Crippen LogP contribution is -2.32. The van der Waals surface area contributed by atoms with Gasteiger partial charge in [0.15, 0.2) is 6.61 Å². The minimum atomic E-state index is -1.31. The standard InChI is InChI=1S/C20H23NO4S/c1-3-9-17(15-10-5-4-6-11-15)21-19(22)14-25-20(23)16-12-7-8-13-18(16)26(2)24/h4-8,10-13,17H,3,9,14H2,1-2H3,(H,21,22)/t17-,26-/m1/s1. The van der Waals surface area contributed by atoms with E-state index in [-0.39, 0.29) is 24.1 Å². The van der Waals surface area contributed by atoms with Crippen LogP contribution >= 0.6 is 0 Å². The van der Waals surface area contributed by atoms with Gasteiger partial charge in [-0.05, 0) is 24.1 Å². The number of benzene rings is 2. The topological polar surface area (TPSA) is 72.5 Å². The number of carbonyl (C=O) groups is 2. The molecule has 0 aliphatic heterocycles. The van der Waals surface area contributed by atoms with Crippen molar-refractivity contribution in [2.45, 2.75) is 30.7 Å². The second-order valence-corrected chi connectivity index (χ2v) is 7.19. The first kappa shape index (κ1) is 19.8. The van der Waals surface area contributed by atoms with Gasteiger partial charge in [-0.3, -0.25) is 9.00 Å². The van der Waals surface area contributed by atoms with Crippen molar-refractivity contribution in [3.63, 3.8) is 0 Å². The maximum absolute atomic E-state index is 12.2. The van der Waals surface area contributed by atoms with Gasteiger partial charge in [-0.1, -0.05) is 55.8 Å². The van der Waals surface area contributed by atoms with E-state index in [4.69, 9.17) is 4.74 Å². The molecular formula is C20H23NO4S. The molecule has 2 aromatic carbocycles. The Balaban J connectivity index is 1.97. The van der Waals surface area contributed by atoms with Crippen LogP contribution in [0.5, 0.6) is 0 Å². The highest BCUT2D eigenvalue weighted by Crippen LogP contribution is 2.18. The van der Waals surface area contributed by atoms with Crippen molar-refractivity contribution in [1.82, 2.24) is 5.32 Å². The van der Waals surface area contributed by atoms with Crippen LogP contribution in [0.4, 0.5) is 0 Å². The summed E-state index contributed by atoms with van der Waals surface area (Å²) in [6.07, 6.45) is 3.20. The average molecular weight is 373 g/mol. The highest BCUT2D eigenvalue weighted by atomic mass is 32.2. The van der Waals surface area contributed by atoms with Crippen molar-refractivity contribution in [2.75, 3.05) is 12.9 Å². The van der Waals surface area contributed by atoms with Gasteiger partial charge in [-0.15, -0.1) is 0 Å². The van der Waals surface area contributed by atoms with Gasteiger partial charge in [-0.2, -0.15) is 0 Å².